The number of benzene rings is 3. The molecule has 5 atom stereocenters. The quantitative estimate of drug-likeness (QED) is 0.149. The normalized spacial score (nSPS) is 24.2. The van der Waals surface area contributed by atoms with E-state index in [1.165, 1.54) is 7.11 Å². The topological polar surface area (TPSA) is 130 Å². The van der Waals surface area contributed by atoms with E-state index in [4.69, 9.17) is 28.4 Å². The third-order valence-electron chi connectivity index (χ3n) is 9.34. The number of carbonyl (C=O) groups excluding carboxylic acids is 2. The van der Waals surface area contributed by atoms with Gasteiger partial charge in [0.2, 0.25) is 0 Å². The first kappa shape index (κ1) is 33.1. The number of hydrogen-bond donors (Lipinski definition) is 2. The zero-order chi connectivity index (χ0) is 33.1. The standard InChI is InChI=1S/C37H42O10/c1-4-5-15-44-26-17-24-16-25-18-27(36(42-3)34(41)35-22(2)46-37(47-35)13-9-10-14-37)31(38)33(40)30(25)32(39)29(24)28(19-26)45-21-43-20-23-11-7-6-8-12-23/h4-8,11-12,16-17,19,22,27,31,35-36,38-39H,9-10,13-15,18,20-21H2,1-3H3/b5-4+/t22-,27?,31+,35+,36+/m1/s1. The molecule has 3 aliphatic rings. The molecule has 1 aliphatic heterocycles. The van der Waals surface area contributed by atoms with E-state index < -0.39 is 41.9 Å². The number of hydrogen-bond acceptors (Lipinski definition) is 10. The van der Waals surface area contributed by atoms with Crippen LogP contribution in [0.5, 0.6) is 17.2 Å². The molecule has 0 bridgehead atoms. The lowest BCUT2D eigenvalue weighted by molar-refractivity contribution is -0.176. The van der Waals surface area contributed by atoms with Gasteiger partial charge in [-0.2, -0.15) is 0 Å². The van der Waals surface area contributed by atoms with Gasteiger partial charge in [0.25, 0.3) is 0 Å². The Bertz CT molecular complexity index is 1630. The zero-order valence-corrected chi connectivity index (χ0v) is 27.0. The Labute approximate surface area is 274 Å². The Hall–Kier alpha value is -3.80. The second-order valence-corrected chi connectivity index (χ2v) is 12.5. The van der Waals surface area contributed by atoms with Crippen LogP contribution in [0.3, 0.4) is 0 Å². The summed E-state index contributed by atoms with van der Waals surface area (Å²) >= 11 is 0. The largest absolute Gasteiger partial charge is 0.506 e. The van der Waals surface area contributed by atoms with Gasteiger partial charge in [-0.05, 0) is 61.8 Å². The number of aromatic hydroxyl groups is 1. The van der Waals surface area contributed by atoms with Crippen LogP contribution in [0.2, 0.25) is 0 Å². The van der Waals surface area contributed by atoms with E-state index in [0.29, 0.717) is 42.8 Å². The fourth-order valence-electron chi connectivity index (χ4n) is 7.07. The predicted molar refractivity (Wildman–Crippen MR) is 173 cm³/mol. The van der Waals surface area contributed by atoms with Gasteiger partial charge >= 0.3 is 0 Å². The van der Waals surface area contributed by atoms with Crippen LogP contribution in [-0.2, 0) is 36.8 Å². The number of allylic oxidation sites excluding steroid dienone is 1. The highest BCUT2D eigenvalue weighted by molar-refractivity contribution is 6.11. The van der Waals surface area contributed by atoms with E-state index in [0.717, 1.165) is 18.4 Å². The highest BCUT2D eigenvalue weighted by Gasteiger charge is 2.53. The fourth-order valence-corrected chi connectivity index (χ4v) is 7.07. The summed E-state index contributed by atoms with van der Waals surface area (Å²) in [6, 6.07) is 14.8. The van der Waals surface area contributed by atoms with Crippen LogP contribution in [0.1, 0.15) is 61.0 Å². The molecule has 0 aromatic heterocycles. The second kappa shape index (κ2) is 14.1. The molecule has 1 spiro atoms. The maximum absolute atomic E-state index is 13.8. The van der Waals surface area contributed by atoms with Crippen LogP contribution < -0.4 is 9.47 Å². The highest BCUT2D eigenvalue weighted by Crippen LogP contribution is 2.46. The van der Waals surface area contributed by atoms with Crippen molar-refractivity contribution in [2.24, 2.45) is 5.92 Å². The van der Waals surface area contributed by atoms with E-state index in [1.54, 1.807) is 25.1 Å². The molecule has 1 unspecified atom stereocenters. The average molecular weight is 647 g/mol. The van der Waals surface area contributed by atoms with Crippen molar-refractivity contribution >= 4 is 22.3 Å². The molecule has 10 heteroatoms. The minimum absolute atomic E-state index is 0.0140. The predicted octanol–water partition coefficient (Wildman–Crippen LogP) is 5.43. The van der Waals surface area contributed by atoms with Crippen LogP contribution in [0.4, 0.5) is 0 Å². The Morgan fingerprint density at radius 1 is 1.11 bits per heavy atom. The summed E-state index contributed by atoms with van der Waals surface area (Å²) in [5, 5.41) is 23.7. The van der Waals surface area contributed by atoms with E-state index in [-0.39, 0.29) is 41.4 Å². The molecule has 3 aromatic rings. The molecule has 47 heavy (non-hydrogen) atoms. The third kappa shape index (κ3) is 6.66. The van der Waals surface area contributed by atoms with Crippen molar-refractivity contribution in [2.75, 3.05) is 20.5 Å². The minimum Gasteiger partial charge on any atom is -0.506 e. The lowest BCUT2D eigenvalue weighted by atomic mass is 9.75. The van der Waals surface area contributed by atoms with Gasteiger partial charge < -0.3 is 38.6 Å². The van der Waals surface area contributed by atoms with Crippen molar-refractivity contribution in [3.05, 3.63) is 77.4 Å². The molecular formula is C37H42O10. The summed E-state index contributed by atoms with van der Waals surface area (Å²) < 4.78 is 35.6. The van der Waals surface area contributed by atoms with Crippen molar-refractivity contribution in [3.63, 3.8) is 0 Å². The molecule has 10 nitrogen and oxygen atoms in total. The minimum atomic E-state index is -1.60. The molecule has 0 amide bonds. The van der Waals surface area contributed by atoms with Crippen molar-refractivity contribution in [1.29, 1.82) is 0 Å². The first-order valence-corrected chi connectivity index (χ1v) is 16.2. The van der Waals surface area contributed by atoms with E-state index in [1.807, 2.05) is 49.4 Å². The molecule has 1 saturated heterocycles. The van der Waals surface area contributed by atoms with Gasteiger partial charge in [-0.1, -0.05) is 42.5 Å². The molecule has 1 heterocycles. The third-order valence-corrected chi connectivity index (χ3v) is 9.34. The molecular weight excluding hydrogens is 604 g/mol. The van der Waals surface area contributed by atoms with Gasteiger partial charge in [-0.3, -0.25) is 9.59 Å². The number of ketones is 2. The summed E-state index contributed by atoms with van der Waals surface area (Å²) in [5.74, 6) is -2.32. The zero-order valence-electron chi connectivity index (χ0n) is 27.0. The van der Waals surface area contributed by atoms with Crippen LogP contribution >= 0.6 is 0 Å². The Balaban J connectivity index is 1.29. The summed E-state index contributed by atoms with van der Waals surface area (Å²) in [7, 11) is 1.39. The van der Waals surface area contributed by atoms with Gasteiger partial charge in [0.05, 0.1) is 23.7 Å². The van der Waals surface area contributed by atoms with Crippen molar-refractivity contribution < 1.29 is 48.2 Å². The van der Waals surface area contributed by atoms with E-state index in [2.05, 4.69) is 0 Å². The molecule has 2 fully saturated rings. The van der Waals surface area contributed by atoms with Gasteiger partial charge in [0.15, 0.2) is 24.1 Å². The van der Waals surface area contributed by atoms with Crippen LogP contribution in [0.15, 0.2) is 60.7 Å². The first-order chi connectivity index (χ1) is 22.7. The number of ether oxygens (including phenoxy) is 6. The number of methoxy groups -OCH3 is 1. The smallest absolute Gasteiger partial charge is 0.195 e. The van der Waals surface area contributed by atoms with Gasteiger partial charge in [-0.25, -0.2) is 0 Å². The van der Waals surface area contributed by atoms with E-state index >= 15 is 0 Å². The number of aliphatic hydroxyl groups excluding tert-OH is 1. The molecule has 1 saturated carbocycles. The summed E-state index contributed by atoms with van der Waals surface area (Å²) in [4.78, 5) is 27.6. The lowest BCUT2D eigenvalue weighted by Crippen LogP contribution is -2.50. The Kier molecular flexibility index (Phi) is 9.96. The van der Waals surface area contributed by atoms with Crippen molar-refractivity contribution in [2.45, 2.75) is 82.8 Å². The SMILES string of the molecule is C/C=C/COc1cc(OCOCc2ccccc2)c2c(O)c3c(cc2c1)CC([C@H](OC)C(=O)[C@H]1OC2(CCCC2)O[C@@H]1C)[C@H](O)C3=O. The number of phenols is 1. The number of Topliss-reactive ketones (excluding diaryl/α,β-unsaturated/α-hetero) is 2. The average Bonchev–Trinajstić information content (AvgIpc) is 3.66. The van der Waals surface area contributed by atoms with Crippen LogP contribution in [0, 0.1) is 5.92 Å². The number of phenolic OH excluding ortho intramolecular Hbond substituents is 1. The Morgan fingerprint density at radius 3 is 2.60 bits per heavy atom. The number of rotatable bonds is 12. The van der Waals surface area contributed by atoms with Gasteiger partial charge in [-0.15, -0.1) is 0 Å². The molecule has 0 radical (unpaired) electrons. The number of fused-ring (bicyclic) bond motifs is 2. The molecule has 2 N–H and O–H groups in total. The molecule has 250 valence electrons. The Morgan fingerprint density at radius 2 is 1.87 bits per heavy atom. The van der Waals surface area contributed by atoms with Gasteiger partial charge in [0.1, 0.15) is 42.2 Å². The van der Waals surface area contributed by atoms with Gasteiger partial charge in [0, 0.05) is 31.9 Å². The molecule has 6 rings (SSSR count). The monoisotopic (exact) mass is 646 g/mol. The summed E-state index contributed by atoms with van der Waals surface area (Å²) in [6.45, 7) is 4.21. The lowest BCUT2D eigenvalue weighted by Gasteiger charge is -2.34. The number of carbonyl (C=O) groups is 2. The highest BCUT2D eigenvalue weighted by atomic mass is 16.8. The van der Waals surface area contributed by atoms with Crippen molar-refractivity contribution in [3.8, 4) is 17.2 Å². The fraction of sp³-hybridized carbons (Fsp3) is 0.459. The maximum atomic E-state index is 13.8. The second-order valence-electron chi connectivity index (χ2n) is 12.5. The van der Waals surface area contributed by atoms with Crippen molar-refractivity contribution in [1.82, 2.24) is 0 Å². The van der Waals surface area contributed by atoms with Crippen LogP contribution in [-0.4, -0.2) is 72.5 Å². The van der Waals surface area contributed by atoms with Crippen LogP contribution in [0.25, 0.3) is 10.8 Å². The number of aliphatic hydroxyl groups is 1. The maximum Gasteiger partial charge on any atom is 0.195 e. The summed E-state index contributed by atoms with van der Waals surface area (Å²) in [6.07, 6.45) is 3.08. The molecule has 2 aliphatic carbocycles. The van der Waals surface area contributed by atoms with E-state index in [9.17, 15) is 19.8 Å². The first-order valence-electron chi connectivity index (χ1n) is 16.2. The molecule has 3 aromatic carbocycles. The summed E-state index contributed by atoms with van der Waals surface area (Å²) in [5.41, 5.74) is 1.44.